The fourth-order valence-electron chi connectivity index (χ4n) is 0.0680. The van der Waals surface area contributed by atoms with E-state index in [2.05, 4.69) is 17.9 Å². The molecule has 0 bridgehead atoms. The summed E-state index contributed by atoms with van der Waals surface area (Å²) in [6, 6.07) is 0. The summed E-state index contributed by atoms with van der Waals surface area (Å²) in [5.41, 5.74) is 0. The van der Waals surface area contributed by atoms with Crippen molar-refractivity contribution in [2.24, 2.45) is 0 Å². The molecular formula is C6H12O. The lowest BCUT2D eigenvalue weighted by atomic mass is 11.0. The third-order valence-corrected chi connectivity index (χ3v) is 0.192. The highest BCUT2D eigenvalue weighted by Crippen LogP contribution is 1.65. The van der Waals surface area contributed by atoms with E-state index < -0.39 is 0 Å². The second kappa shape index (κ2) is 18.6. The monoisotopic (exact) mass is 100 g/mol. The lowest BCUT2D eigenvalue weighted by Crippen LogP contribution is -1.52. The average molecular weight is 100 g/mol. The molecule has 0 atom stereocenters. The molecule has 0 heterocycles. The fraction of sp³-hybridized carbons (Fsp3) is 0.333. The Kier molecular flexibility index (Phi) is 25.4. The third kappa shape index (κ3) is 34.7. The summed E-state index contributed by atoms with van der Waals surface area (Å²) >= 11 is 0. The Labute approximate surface area is 45.3 Å². The summed E-state index contributed by atoms with van der Waals surface area (Å²) in [6.07, 6.45) is 2.62. The Balaban J connectivity index is 0. The molecule has 0 aromatic heterocycles. The molecule has 1 heteroatoms. The Morgan fingerprint density at radius 3 is 1.43 bits per heavy atom. The van der Waals surface area contributed by atoms with Crippen molar-refractivity contribution in [1.29, 1.82) is 0 Å². The first-order valence-corrected chi connectivity index (χ1v) is 2.29. The summed E-state index contributed by atoms with van der Waals surface area (Å²) in [6.45, 7) is 10.5. The second-order valence-corrected chi connectivity index (χ2v) is 0.469. The SMILES string of the molecule is C=COC=C.CC. The van der Waals surface area contributed by atoms with E-state index in [-0.39, 0.29) is 0 Å². The van der Waals surface area contributed by atoms with Crippen LogP contribution in [0.25, 0.3) is 0 Å². The van der Waals surface area contributed by atoms with Crippen molar-refractivity contribution in [2.45, 2.75) is 13.8 Å². The van der Waals surface area contributed by atoms with Gasteiger partial charge in [0.2, 0.25) is 0 Å². The molecule has 0 rings (SSSR count). The Hall–Kier alpha value is -0.720. The molecule has 0 saturated heterocycles. The van der Waals surface area contributed by atoms with Crippen LogP contribution in [-0.4, -0.2) is 0 Å². The Bertz CT molecular complexity index is 33.4. The molecule has 0 aliphatic heterocycles. The molecule has 0 radical (unpaired) electrons. The highest BCUT2D eigenvalue weighted by molar-refractivity contribution is 4.57. The molecule has 0 unspecified atom stereocenters. The van der Waals surface area contributed by atoms with Gasteiger partial charge in [-0.05, 0) is 0 Å². The van der Waals surface area contributed by atoms with Crippen LogP contribution in [0.15, 0.2) is 25.7 Å². The van der Waals surface area contributed by atoms with Gasteiger partial charge in [-0.1, -0.05) is 27.0 Å². The van der Waals surface area contributed by atoms with Crippen molar-refractivity contribution in [3.8, 4) is 0 Å². The van der Waals surface area contributed by atoms with Crippen LogP contribution in [0.4, 0.5) is 0 Å². The van der Waals surface area contributed by atoms with Crippen LogP contribution < -0.4 is 0 Å². The average Bonchev–Trinajstić information content (AvgIpc) is 1.75. The first kappa shape index (κ1) is 9.56. The van der Waals surface area contributed by atoms with Gasteiger partial charge < -0.3 is 4.74 Å². The largest absolute Gasteiger partial charge is 0.474 e. The van der Waals surface area contributed by atoms with Gasteiger partial charge >= 0.3 is 0 Å². The van der Waals surface area contributed by atoms with E-state index in [1.807, 2.05) is 13.8 Å². The van der Waals surface area contributed by atoms with Gasteiger partial charge in [0.1, 0.15) is 0 Å². The molecular weight excluding hydrogens is 88.1 g/mol. The number of ether oxygens (including phenoxy) is 1. The molecule has 0 aliphatic carbocycles. The second-order valence-electron chi connectivity index (χ2n) is 0.469. The molecule has 0 aromatic carbocycles. The molecule has 0 saturated carbocycles. The van der Waals surface area contributed by atoms with Crippen molar-refractivity contribution in [2.75, 3.05) is 0 Å². The van der Waals surface area contributed by atoms with Gasteiger partial charge in [-0.3, -0.25) is 0 Å². The summed E-state index contributed by atoms with van der Waals surface area (Å²) in [5.74, 6) is 0. The maximum Gasteiger partial charge on any atom is 0.0829 e. The maximum atomic E-state index is 4.36. The zero-order chi connectivity index (χ0) is 6.12. The van der Waals surface area contributed by atoms with Crippen molar-refractivity contribution < 1.29 is 4.74 Å². The highest BCUT2D eigenvalue weighted by atomic mass is 16.5. The van der Waals surface area contributed by atoms with E-state index in [0.29, 0.717) is 0 Å². The van der Waals surface area contributed by atoms with E-state index >= 15 is 0 Å². The minimum Gasteiger partial charge on any atom is -0.474 e. The standard InChI is InChI=1S/C4H6O.C2H6/c1-3-5-4-2;1-2/h3-4H,1-2H2;1-2H3. The molecule has 1 nitrogen and oxygen atoms in total. The van der Waals surface area contributed by atoms with E-state index in [4.69, 9.17) is 0 Å². The van der Waals surface area contributed by atoms with Crippen LogP contribution in [0.2, 0.25) is 0 Å². The third-order valence-electron chi connectivity index (χ3n) is 0.192. The van der Waals surface area contributed by atoms with Gasteiger partial charge in [0.25, 0.3) is 0 Å². The number of hydrogen-bond donors (Lipinski definition) is 0. The molecule has 0 N–H and O–H groups in total. The predicted molar refractivity (Wildman–Crippen MR) is 32.8 cm³/mol. The van der Waals surface area contributed by atoms with Crippen LogP contribution in [0.3, 0.4) is 0 Å². The smallest absolute Gasteiger partial charge is 0.0829 e. The summed E-state index contributed by atoms with van der Waals surface area (Å²) in [7, 11) is 0. The van der Waals surface area contributed by atoms with E-state index in [0.717, 1.165) is 0 Å². The van der Waals surface area contributed by atoms with Crippen molar-refractivity contribution in [3.63, 3.8) is 0 Å². The molecule has 0 fully saturated rings. The lowest BCUT2D eigenvalue weighted by molar-refractivity contribution is 0.406. The predicted octanol–water partition coefficient (Wildman–Crippen LogP) is 2.32. The van der Waals surface area contributed by atoms with Crippen molar-refractivity contribution in [3.05, 3.63) is 25.7 Å². The molecule has 7 heavy (non-hydrogen) atoms. The van der Waals surface area contributed by atoms with Gasteiger partial charge in [0, 0.05) is 0 Å². The topological polar surface area (TPSA) is 9.23 Å². The first-order chi connectivity index (χ1) is 3.41. The first-order valence-electron chi connectivity index (χ1n) is 2.29. The van der Waals surface area contributed by atoms with Crippen molar-refractivity contribution >= 4 is 0 Å². The van der Waals surface area contributed by atoms with Gasteiger partial charge in [-0.25, -0.2) is 0 Å². The molecule has 42 valence electrons. The van der Waals surface area contributed by atoms with Gasteiger partial charge in [-0.2, -0.15) is 0 Å². The fourth-order valence-corrected chi connectivity index (χ4v) is 0.0680. The lowest BCUT2D eigenvalue weighted by Gasteiger charge is -1.76. The molecule has 0 spiro atoms. The molecule has 0 aromatic rings. The van der Waals surface area contributed by atoms with E-state index in [1.165, 1.54) is 12.5 Å². The number of rotatable bonds is 2. The Morgan fingerprint density at radius 2 is 1.43 bits per heavy atom. The molecule has 0 aliphatic rings. The number of hydrogen-bond acceptors (Lipinski definition) is 1. The van der Waals surface area contributed by atoms with E-state index in [1.54, 1.807) is 0 Å². The van der Waals surface area contributed by atoms with Crippen LogP contribution in [0.5, 0.6) is 0 Å². The Morgan fingerprint density at radius 1 is 1.14 bits per heavy atom. The quantitative estimate of drug-likeness (QED) is 0.484. The summed E-state index contributed by atoms with van der Waals surface area (Å²) < 4.78 is 4.36. The maximum absolute atomic E-state index is 4.36. The van der Waals surface area contributed by atoms with Gasteiger partial charge in [0.05, 0.1) is 12.5 Å². The van der Waals surface area contributed by atoms with E-state index in [9.17, 15) is 0 Å². The molecule has 0 amide bonds. The highest BCUT2D eigenvalue weighted by Gasteiger charge is 1.45. The zero-order valence-corrected chi connectivity index (χ0v) is 4.98. The van der Waals surface area contributed by atoms with Gasteiger partial charge in [0.15, 0.2) is 0 Å². The van der Waals surface area contributed by atoms with Crippen LogP contribution in [0.1, 0.15) is 13.8 Å². The van der Waals surface area contributed by atoms with Crippen LogP contribution >= 0.6 is 0 Å². The van der Waals surface area contributed by atoms with Crippen molar-refractivity contribution in [1.82, 2.24) is 0 Å². The minimum atomic E-state index is 1.31. The normalized spacial score (nSPS) is 4.86. The summed E-state index contributed by atoms with van der Waals surface area (Å²) in [5, 5.41) is 0. The minimum absolute atomic E-state index is 1.31. The van der Waals surface area contributed by atoms with Crippen LogP contribution in [0, 0.1) is 0 Å². The van der Waals surface area contributed by atoms with Crippen LogP contribution in [-0.2, 0) is 4.74 Å². The zero-order valence-electron chi connectivity index (χ0n) is 4.98. The summed E-state index contributed by atoms with van der Waals surface area (Å²) in [4.78, 5) is 0. The van der Waals surface area contributed by atoms with Gasteiger partial charge in [-0.15, -0.1) is 0 Å².